The Hall–Kier alpha value is -2.57. The maximum absolute atomic E-state index is 13.0. The van der Waals surface area contributed by atoms with Crippen molar-refractivity contribution in [3.63, 3.8) is 0 Å². The van der Waals surface area contributed by atoms with E-state index in [1.165, 1.54) is 18.3 Å². The number of nitrogens with one attached hydrogen (secondary N) is 1. The van der Waals surface area contributed by atoms with Gasteiger partial charge in [-0.1, -0.05) is 70.7 Å². The van der Waals surface area contributed by atoms with Gasteiger partial charge in [0.1, 0.15) is 10.3 Å². The van der Waals surface area contributed by atoms with E-state index in [9.17, 15) is 9.59 Å². The lowest BCUT2D eigenvalue weighted by atomic mass is 10.1. The van der Waals surface area contributed by atoms with Gasteiger partial charge in [0.05, 0.1) is 17.6 Å². The van der Waals surface area contributed by atoms with Crippen LogP contribution in [0.2, 0.25) is 20.4 Å². The minimum Gasteiger partial charge on any atom is -0.326 e. The predicted molar refractivity (Wildman–Crippen MR) is 125 cm³/mol. The number of amides is 1. The second-order valence-electron chi connectivity index (χ2n) is 6.66. The molecule has 2 aromatic carbocycles. The maximum atomic E-state index is 13.0. The number of para-hydroxylation sites is 1. The van der Waals surface area contributed by atoms with E-state index in [0.29, 0.717) is 33.2 Å². The Bertz CT molecular complexity index is 1330. The lowest BCUT2D eigenvalue weighted by molar-refractivity contribution is -0.112. The maximum Gasteiger partial charge on any atom is 0.296 e. The molecule has 0 aliphatic heterocycles. The molecule has 1 amide bonds. The third-order valence-electron chi connectivity index (χ3n) is 4.67. The Labute approximate surface area is 197 Å². The average Bonchev–Trinajstić information content (AvgIpc) is 3.01. The Morgan fingerprint density at radius 1 is 0.968 bits per heavy atom. The SMILES string of the molecule is O=C(Nc1ccnc(Cl)c1)C(=O)c1c(Cl)n(Cc2ccc(Cl)cc2Cl)c2ccccc12. The van der Waals surface area contributed by atoms with Gasteiger partial charge < -0.3 is 9.88 Å². The van der Waals surface area contributed by atoms with Gasteiger partial charge in [0.15, 0.2) is 0 Å². The van der Waals surface area contributed by atoms with E-state index in [0.717, 1.165) is 5.56 Å². The predicted octanol–water partition coefficient (Wildman–Crippen LogP) is 6.52. The number of nitrogens with zero attached hydrogens (tertiary/aromatic N) is 2. The fourth-order valence-electron chi connectivity index (χ4n) is 3.24. The van der Waals surface area contributed by atoms with Crippen LogP contribution in [0.3, 0.4) is 0 Å². The first-order chi connectivity index (χ1) is 14.8. The summed E-state index contributed by atoms with van der Waals surface area (Å²) in [4.78, 5) is 29.5. The van der Waals surface area contributed by atoms with Crippen molar-refractivity contribution in [2.24, 2.45) is 0 Å². The second kappa shape index (κ2) is 8.89. The molecular formula is C22H13Cl4N3O2. The standard InChI is InChI=1S/C22H13Cl4N3O2/c23-13-6-5-12(16(24)9-13)11-29-17-4-2-1-3-15(17)19(21(29)26)20(30)22(31)28-14-7-8-27-18(25)10-14/h1-10H,11H2,(H,27,28,31). The number of halogens is 4. The zero-order chi connectivity index (χ0) is 22.1. The van der Waals surface area contributed by atoms with E-state index < -0.39 is 11.7 Å². The van der Waals surface area contributed by atoms with Gasteiger partial charge in [-0.15, -0.1) is 0 Å². The summed E-state index contributed by atoms with van der Waals surface area (Å²) in [5.41, 5.74) is 1.93. The molecule has 0 saturated carbocycles. The van der Waals surface area contributed by atoms with Gasteiger partial charge in [-0.2, -0.15) is 0 Å². The molecule has 5 nitrogen and oxygen atoms in total. The molecule has 0 atom stereocenters. The number of aromatic nitrogens is 2. The first-order valence-corrected chi connectivity index (χ1v) is 10.5. The molecule has 4 aromatic rings. The number of carbonyl (C=O) groups is 2. The van der Waals surface area contributed by atoms with Gasteiger partial charge >= 0.3 is 0 Å². The molecule has 9 heteroatoms. The van der Waals surface area contributed by atoms with Crippen LogP contribution in [-0.4, -0.2) is 21.2 Å². The quantitative estimate of drug-likeness (QED) is 0.196. The second-order valence-corrected chi connectivity index (χ2v) is 8.24. The highest BCUT2D eigenvalue weighted by molar-refractivity contribution is 6.52. The van der Waals surface area contributed by atoms with Crippen LogP contribution in [-0.2, 0) is 11.3 Å². The van der Waals surface area contributed by atoms with E-state index in [-0.39, 0.29) is 15.9 Å². The molecule has 4 rings (SSSR count). The Balaban J connectivity index is 1.73. The number of ketones is 1. The molecule has 0 spiro atoms. The van der Waals surface area contributed by atoms with Crippen LogP contribution in [0.15, 0.2) is 60.8 Å². The summed E-state index contributed by atoms with van der Waals surface area (Å²) in [6.07, 6.45) is 1.43. The fourth-order valence-corrected chi connectivity index (χ4v) is 4.23. The van der Waals surface area contributed by atoms with Gasteiger partial charge in [0.25, 0.3) is 11.7 Å². The Morgan fingerprint density at radius 3 is 2.48 bits per heavy atom. The molecule has 0 saturated heterocycles. The highest BCUT2D eigenvalue weighted by atomic mass is 35.5. The molecule has 0 bridgehead atoms. The summed E-state index contributed by atoms with van der Waals surface area (Å²) < 4.78 is 1.73. The normalized spacial score (nSPS) is 11.0. The number of Topliss-reactive ketones (excluding diaryl/α,β-unsaturated/α-hetero) is 1. The minimum atomic E-state index is -0.836. The number of hydrogen-bond acceptors (Lipinski definition) is 3. The van der Waals surface area contributed by atoms with Crippen LogP contribution < -0.4 is 5.32 Å². The van der Waals surface area contributed by atoms with Gasteiger partial charge in [-0.3, -0.25) is 9.59 Å². The molecule has 0 unspecified atom stereocenters. The van der Waals surface area contributed by atoms with Gasteiger partial charge in [-0.25, -0.2) is 4.98 Å². The number of fused-ring (bicyclic) bond motifs is 1. The summed E-state index contributed by atoms with van der Waals surface area (Å²) in [6.45, 7) is 0.296. The summed E-state index contributed by atoms with van der Waals surface area (Å²) >= 11 is 24.8. The molecule has 156 valence electrons. The van der Waals surface area contributed by atoms with Crippen molar-refractivity contribution in [1.29, 1.82) is 0 Å². The van der Waals surface area contributed by atoms with E-state index >= 15 is 0 Å². The zero-order valence-electron chi connectivity index (χ0n) is 15.7. The summed E-state index contributed by atoms with van der Waals surface area (Å²) in [5.74, 6) is -1.60. The van der Waals surface area contributed by atoms with Gasteiger partial charge in [0.2, 0.25) is 0 Å². The van der Waals surface area contributed by atoms with Crippen molar-refractivity contribution in [2.45, 2.75) is 6.54 Å². The Kier molecular flexibility index (Phi) is 6.21. The van der Waals surface area contributed by atoms with Crippen molar-refractivity contribution in [1.82, 2.24) is 9.55 Å². The van der Waals surface area contributed by atoms with Gasteiger partial charge in [0, 0.05) is 27.3 Å². The third kappa shape index (κ3) is 4.41. The average molecular weight is 493 g/mol. The molecular weight excluding hydrogens is 480 g/mol. The third-order valence-corrected chi connectivity index (χ3v) is 5.86. The van der Waals surface area contributed by atoms with Crippen molar-refractivity contribution >= 4 is 74.7 Å². The van der Waals surface area contributed by atoms with E-state index in [1.807, 2.05) is 12.1 Å². The molecule has 0 aliphatic rings. The van der Waals surface area contributed by atoms with Crippen LogP contribution in [0.5, 0.6) is 0 Å². The summed E-state index contributed by atoms with van der Waals surface area (Å²) in [7, 11) is 0. The number of anilines is 1. The number of pyridine rings is 1. The molecule has 0 radical (unpaired) electrons. The number of rotatable bonds is 5. The number of hydrogen-bond donors (Lipinski definition) is 1. The van der Waals surface area contributed by atoms with E-state index in [2.05, 4.69) is 10.3 Å². The lowest BCUT2D eigenvalue weighted by Gasteiger charge is -2.10. The molecule has 1 N–H and O–H groups in total. The van der Waals surface area contributed by atoms with Crippen molar-refractivity contribution in [3.8, 4) is 0 Å². The van der Waals surface area contributed by atoms with E-state index in [1.54, 1.807) is 34.9 Å². The largest absolute Gasteiger partial charge is 0.326 e. The fraction of sp³-hybridized carbons (Fsp3) is 0.0455. The zero-order valence-corrected chi connectivity index (χ0v) is 18.7. The first-order valence-electron chi connectivity index (χ1n) is 9.03. The van der Waals surface area contributed by atoms with Gasteiger partial charge in [-0.05, 0) is 35.9 Å². The molecule has 2 heterocycles. The van der Waals surface area contributed by atoms with Crippen LogP contribution in [0.4, 0.5) is 5.69 Å². The Morgan fingerprint density at radius 2 is 1.74 bits per heavy atom. The smallest absolute Gasteiger partial charge is 0.296 e. The monoisotopic (exact) mass is 491 g/mol. The summed E-state index contributed by atoms with van der Waals surface area (Å²) in [5, 5.41) is 4.41. The highest BCUT2D eigenvalue weighted by Gasteiger charge is 2.26. The minimum absolute atomic E-state index is 0.111. The van der Waals surface area contributed by atoms with Crippen LogP contribution >= 0.6 is 46.4 Å². The molecule has 2 aromatic heterocycles. The molecule has 0 fully saturated rings. The molecule has 0 aliphatic carbocycles. The van der Waals surface area contributed by atoms with Crippen LogP contribution in [0.1, 0.15) is 15.9 Å². The van der Waals surface area contributed by atoms with Crippen molar-refractivity contribution in [3.05, 3.63) is 92.3 Å². The van der Waals surface area contributed by atoms with Crippen molar-refractivity contribution < 1.29 is 9.59 Å². The summed E-state index contributed by atoms with van der Waals surface area (Å²) in [6, 6.07) is 15.3. The topological polar surface area (TPSA) is 64.0 Å². The molecule has 31 heavy (non-hydrogen) atoms. The first kappa shape index (κ1) is 21.7. The number of carbonyl (C=O) groups excluding carboxylic acids is 2. The van der Waals surface area contributed by atoms with E-state index in [4.69, 9.17) is 46.4 Å². The lowest BCUT2D eigenvalue weighted by Crippen LogP contribution is -2.23. The van der Waals surface area contributed by atoms with Crippen LogP contribution in [0, 0.1) is 0 Å². The highest BCUT2D eigenvalue weighted by Crippen LogP contribution is 2.33. The number of benzene rings is 2. The van der Waals surface area contributed by atoms with Crippen LogP contribution in [0.25, 0.3) is 10.9 Å². The van der Waals surface area contributed by atoms with Crippen molar-refractivity contribution in [2.75, 3.05) is 5.32 Å².